The first-order valence-corrected chi connectivity index (χ1v) is 10.1. The molecule has 0 saturated carbocycles. The first kappa shape index (κ1) is 19.1. The zero-order valence-corrected chi connectivity index (χ0v) is 16.7. The van der Waals surface area contributed by atoms with Crippen LogP contribution in [0, 0.1) is 0 Å². The Morgan fingerprint density at radius 3 is 2.87 bits per heavy atom. The molecule has 1 aromatic carbocycles. The maximum Gasteiger partial charge on any atom is 0.250 e. The summed E-state index contributed by atoms with van der Waals surface area (Å²) in [7, 11) is 0. The van der Waals surface area contributed by atoms with Crippen LogP contribution in [0.1, 0.15) is 27.9 Å². The summed E-state index contributed by atoms with van der Waals surface area (Å²) in [5.41, 5.74) is 9.81. The molecule has 1 amide bonds. The molecule has 6 N–H and O–H groups in total. The summed E-state index contributed by atoms with van der Waals surface area (Å²) in [4.78, 5) is 16.4. The van der Waals surface area contributed by atoms with Crippen molar-refractivity contribution in [2.75, 3.05) is 0 Å². The standard InChI is InChI=1S/C23H23N7O/c24-20(31)16-9-6-12-30-18(16)14-27-23(30)22-28-17-10-4-5-11-25-19(17)21(29-22)26-13-15-7-2-1-3-8-15/h1-12,14,21-22,25-26,28-29H,13H2,(H2,24,31). The lowest BCUT2D eigenvalue weighted by molar-refractivity contribution is 0.100. The van der Waals surface area contributed by atoms with Gasteiger partial charge in [0.25, 0.3) is 5.91 Å². The van der Waals surface area contributed by atoms with Gasteiger partial charge in [-0.1, -0.05) is 36.4 Å². The average molecular weight is 413 g/mol. The number of pyridine rings is 1. The first-order valence-electron chi connectivity index (χ1n) is 10.1. The summed E-state index contributed by atoms with van der Waals surface area (Å²) in [6.07, 6.45) is 11.0. The van der Waals surface area contributed by atoms with Crippen LogP contribution in [0.5, 0.6) is 0 Å². The van der Waals surface area contributed by atoms with E-state index in [4.69, 9.17) is 5.73 Å². The summed E-state index contributed by atoms with van der Waals surface area (Å²) >= 11 is 0. The first-order chi connectivity index (χ1) is 15.2. The second kappa shape index (κ2) is 8.10. The molecule has 0 radical (unpaired) electrons. The molecule has 2 atom stereocenters. The number of fused-ring (bicyclic) bond motifs is 1. The van der Waals surface area contributed by atoms with Crippen molar-refractivity contribution in [3.8, 4) is 0 Å². The van der Waals surface area contributed by atoms with E-state index in [2.05, 4.69) is 38.4 Å². The Hall–Kier alpha value is -3.88. The van der Waals surface area contributed by atoms with Gasteiger partial charge in [-0.25, -0.2) is 4.98 Å². The van der Waals surface area contributed by atoms with Crippen LogP contribution < -0.4 is 27.0 Å². The maximum absolute atomic E-state index is 11.8. The van der Waals surface area contributed by atoms with E-state index < -0.39 is 5.91 Å². The van der Waals surface area contributed by atoms with Crippen LogP contribution >= 0.6 is 0 Å². The van der Waals surface area contributed by atoms with Crippen LogP contribution in [-0.4, -0.2) is 21.5 Å². The fourth-order valence-electron chi connectivity index (χ4n) is 3.90. The minimum Gasteiger partial charge on any atom is -0.366 e. The molecular weight excluding hydrogens is 390 g/mol. The number of benzene rings is 1. The normalized spacial score (nSPS) is 20.1. The molecule has 2 aromatic heterocycles. The van der Waals surface area contributed by atoms with Crippen LogP contribution in [0.3, 0.4) is 0 Å². The molecule has 31 heavy (non-hydrogen) atoms. The number of allylic oxidation sites excluding steroid dienone is 3. The molecule has 0 fully saturated rings. The molecule has 3 aromatic rings. The lowest BCUT2D eigenvalue weighted by Crippen LogP contribution is -2.55. The van der Waals surface area contributed by atoms with Gasteiger partial charge in [0.1, 0.15) is 12.3 Å². The van der Waals surface area contributed by atoms with Gasteiger partial charge in [-0.05, 0) is 29.8 Å². The predicted octanol–water partition coefficient (Wildman–Crippen LogP) is 1.63. The third-order valence-corrected chi connectivity index (χ3v) is 5.40. The van der Waals surface area contributed by atoms with E-state index in [-0.39, 0.29) is 12.3 Å². The van der Waals surface area contributed by atoms with E-state index in [9.17, 15) is 4.79 Å². The van der Waals surface area contributed by atoms with Crippen molar-refractivity contribution in [3.05, 3.63) is 108 Å². The monoisotopic (exact) mass is 413 g/mol. The van der Waals surface area contributed by atoms with Gasteiger partial charge in [0, 0.05) is 18.9 Å². The molecule has 0 saturated heterocycles. The molecular formula is C23H23N7O. The number of hydrogen-bond donors (Lipinski definition) is 5. The van der Waals surface area contributed by atoms with Crippen molar-refractivity contribution >= 4 is 11.4 Å². The van der Waals surface area contributed by atoms with E-state index in [1.54, 1.807) is 18.3 Å². The quantitative estimate of drug-likeness (QED) is 0.435. The number of amides is 1. The van der Waals surface area contributed by atoms with Crippen LogP contribution in [0.25, 0.3) is 5.52 Å². The fraction of sp³-hybridized carbons (Fsp3) is 0.130. The van der Waals surface area contributed by atoms with Crippen molar-refractivity contribution in [1.29, 1.82) is 0 Å². The zero-order chi connectivity index (χ0) is 21.2. The minimum atomic E-state index is -0.476. The van der Waals surface area contributed by atoms with Gasteiger partial charge in [0.2, 0.25) is 0 Å². The van der Waals surface area contributed by atoms with E-state index in [1.807, 2.05) is 53.2 Å². The summed E-state index contributed by atoms with van der Waals surface area (Å²) in [5.74, 6) is 0.262. The van der Waals surface area contributed by atoms with Gasteiger partial charge in [-0.15, -0.1) is 0 Å². The van der Waals surface area contributed by atoms with E-state index in [0.717, 1.165) is 17.2 Å². The average Bonchev–Trinajstić information content (AvgIpc) is 3.08. The third-order valence-electron chi connectivity index (χ3n) is 5.40. The van der Waals surface area contributed by atoms with Crippen LogP contribution in [-0.2, 0) is 6.54 Å². The number of nitrogens with one attached hydrogen (secondary N) is 4. The van der Waals surface area contributed by atoms with E-state index >= 15 is 0 Å². The topological polar surface area (TPSA) is 109 Å². The number of aromatic nitrogens is 2. The highest BCUT2D eigenvalue weighted by molar-refractivity contribution is 5.99. The van der Waals surface area contributed by atoms with Gasteiger partial charge in [-0.3, -0.25) is 15.4 Å². The Balaban J connectivity index is 1.48. The Morgan fingerprint density at radius 1 is 1.16 bits per heavy atom. The van der Waals surface area contributed by atoms with Gasteiger partial charge in [0.05, 0.1) is 28.7 Å². The molecule has 4 heterocycles. The molecule has 8 heteroatoms. The Bertz CT molecular complexity index is 1210. The second-order valence-electron chi connectivity index (χ2n) is 7.39. The molecule has 0 spiro atoms. The number of primary amides is 1. The molecule has 0 aliphatic carbocycles. The number of hydrogen-bond acceptors (Lipinski definition) is 6. The third kappa shape index (κ3) is 3.70. The van der Waals surface area contributed by atoms with Crippen molar-refractivity contribution in [2.45, 2.75) is 18.9 Å². The summed E-state index contributed by atoms with van der Waals surface area (Å²) < 4.78 is 1.89. The molecule has 2 aliphatic heterocycles. The van der Waals surface area contributed by atoms with E-state index in [0.29, 0.717) is 17.6 Å². The van der Waals surface area contributed by atoms with Crippen molar-refractivity contribution in [3.63, 3.8) is 0 Å². The Morgan fingerprint density at radius 2 is 2.03 bits per heavy atom. The highest BCUT2D eigenvalue weighted by atomic mass is 16.1. The van der Waals surface area contributed by atoms with Crippen molar-refractivity contribution in [2.24, 2.45) is 5.73 Å². The van der Waals surface area contributed by atoms with Crippen LogP contribution in [0.15, 0.2) is 90.7 Å². The largest absolute Gasteiger partial charge is 0.366 e. The molecule has 2 unspecified atom stereocenters. The Kier molecular flexibility index (Phi) is 4.99. The number of nitrogens with two attached hydrogens (primary N) is 1. The second-order valence-corrected chi connectivity index (χ2v) is 7.39. The highest BCUT2D eigenvalue weighted by Gasteiger charge is 2.30. The number of carbonyl (C=O) groups is 1. The zero-order valence-electron chi connectivity index (χ0n) is 16.7. The Labute approximate surface area is 179 Å². The smallest absolute Gasteiger partial charge is 0.250 e. The number of nitrogens with zero attached hydrogens (tertiary/aromatic N) is 2. The lowest BCUT2D eigenvalue weighted by Gasteiger charge is -2.35. The SMILES string of the molecule is NC(=O)c1cccn2c(C3NC4=C(NC=CC=C4)C(NCc4ccccc4)N3)ncc12. The van der Waals surface area contributed by atoms with Crippen molar-refractivity contribution in [1.82, 2.24) is 30.7 Å². The van der Waals surface area contributed by atoms with Gasteiger partial charge < -0.3 is 20.8 Å². The molecule has 5 rings (SSSR count). The van der Waals surface area contributed by atoms with Crippen LogP contribution in [0.4, 0.5) is 0 Å². The summed E-state index contributed by atoms with van der Waals surface area (Å²) in [6.45, 7) is 0.700. The molecule has 156 valence electrons. The molecule has 8 nitrogen and oxygen atoms in total. The fourth-order valence-corrected chi connectivity index (χ4v) is 3.90. The van der Waals surface area contributed by atoms with Gasteiger partial charge in [0.15, 0.2) is 5.82 Å². The van der Waals surface area contributed by atoms with E-state index in [1.165, 1.54) is 5.56 Å². The van der Waals surface area contributed by atoms with Crippen LogP contribution in [0.2, 0.25) is 0 Å². The number of imidazole rings is 1. The maximum atomic E-state index is 11.8. The van der Waals surface area contributed by atoms with Gasteiger partial charge in [-0.2, -0.15) is 0 Å². The highest BCUT2D eigenvalue weighted by Crippen LogP contribution is 2.23. The molecule has 2 aliphatic rings. The van der Waals surface area contributed by atoms with Gasteiger partial charge >= 0.3 is 0 Å². The number of rotatable bonds is 5. The lowest BCUT2D eigenvalue weighted by atomic mass is 10.1. The summed E-state index contributed by atoms with van der Waals surface area (Å²) in [5, 5.41) is 14.0. The predicted molar refractivity (Wildman–Crippen MR) is 118 cm³/mol. The molecule has 0 bridgehead atoms. The number of carbonyl (C=O) groups excluding carboxylic acids is 1. The van der Waals surface area contributed by atoms with Crippen molar-refractivity contribution < 1.29 is 4.79 Å². The summed E-state index contributed by atoms with van der Waals surface area (Å²) in [6, 6.07) is 13.8. The minimum absolute atomic E-state index is 0.152.